The van der Waals surface area contributed by atoms with E-state index in [-0.39, 0.29) is 23.0 Å². The maximum atomic E-state index is 12.6. The molecule has 0 atom stereocenters. The molecule has 0 aliphatic carbocycles. The summed E-state index contributed by atoms with van der Waals surface area (Å²) >= 11 is 5.25. The Balaban J connectivity index is 2.01. The first-order valence-electron chi connectivity index (χ1n) is 9.63. The molecular weight excluding hydrogens is 386 g/mol. The predicted molar refractivity (Wildman–Crippen MR) is 120 cm³/mol. The molecule has 0 unspecified atom stereocenters. The summed E-state index contributed by atoms with van der Waals surface area (Å²) in [7, 11) is 0. The SMILES string of the molecule is CCN(CC)C(=O)c1ccc(NC(=S)NC(=O)c2ccccc2OC(C)C)cc1. The quantitative estimate of drug-likeness (QED) is 0.669. The van der Waals surface area contributed by atoms with Crippen LogP contribution in [0.5, 0.6) is 5.75 Å². The topological polar surface area (TPSA) is 70.7 Å². The van der Waals surface area contributed by atoms with Crippen molar-refractivity contribution in [1.29, 1.82) is 0 Å². The summed E-state index contributed by atoms with van der Waals surface area (Å²) in [6, 6.07) is 14.0. The van der Waals surface area contributed by atoms with Crippen molar-refractivity contribution in [2.24, 2.45) is 0 Å². The van der Waals surface area contributed by atoms with Gasteiger partial charge in [0.05, 0.1) is 11.7 Å². The van der Waals surface area contributed by atoms with Crippen LogP contribution in [0.15, 0.2) is 48.5 Å². The van der Waals surface area contributed by atoms with Crippen LogP contribution in [0.4, 0.5) is 5.69 Å². The number of anilines is 1. The van der Waals surface area contributed by atoms with E-state index in [1.54, 1.807) is 47.4 Å². The zero-order chi connectivity index (χ0) is 21.4. The van der Waals surface area contributed by atoms with Crippen molar-refractivity contribution in [3.05, 3.63) is 59.7 Å². The number of ether oxygens (including phenoxy) is 1. The fourth-order valence-electron chi connectivity index (χ4n) is 2.73. The summed E-state index contributed by atoms with van der Waals surface area (Å²) in [5.74, 6) is 0.133. The van der Waals surface area contributed by atoms with E-state index < -0.39 is 0 Å². The van der Waals surface area contributed by atoms with Crippen LogP contribution >= 0.6 is 12.2 Å². The van der Waals surface area contributed by atoms with E-state index in [0.717, 1.165) is 0 Å². The van der Waals surface area contributed by atoms with Gasteiger partial charge in [-0.1, -0.05) is 12.1 Å². The van der Waals surface area contributed by atoms with Crippen molar-refractivity contribution in [3.8, 4) is 5.75 Å². The van der Waals surface area contributed by atoms with Crippen LogP contribution in [0, 0.1) is 0 Å². The highest BCUT2D eigenvalue weighted by molar-refractivity contribution is 7.80. The summed E-state index contributed by atoms with van der Waals surface area (Å²) < 4.78 is 5.68. The largest absolute Gasteiger partial charge is 0.490 e. The maximum absolute atomic E-state index is 12.6. The molecule has 0 bridgehead atoms. The van der Waals surface area contributed by atoms with E-state index in [1.807, 2.05) is 33.8 Å². The smallest absolute Gasteiger partial charge is 0.261 e. The molecule has 0 saturated heterocycles. The van der Waals surface area contributed by atoms with Gasteiger partial charge in [-0.25, -0.2) is 0 Å². The number of rotatable bonds is 7. The second-order valence-electron chi connectivity index (χ2n) is 6.63. The van der Waals surface area contributed by atoms with Gasteiger partial charge in [0.1, 0.15) is 5.75 Å². The third-order valence-electron chi connectivity index (χ3n) is 4.16. The number of amides is 2. The molecule has 7 heteroatoms. The van der Waals surface area contributed by atoms with Crippen LogP contribution in [0.1, 0.15) is 48.4 Å². The van der Waals surface area contributed by atoms with Gasteiger partial charge in [0.15, 0.2) is 5.11 Å². The molecule has 29 heavy (non-hydrogen) atoms. The fraction of sp³-hybridized carbons (Fsp3) is 0.318. The molecule has 0 aromatic heterocycles. The first kappa shape index (κ1) is 22.4. The minimum atomic E-state index is -0.355. The van der Waals surface area contributed by atoms with Gasteiger partial charge in [0.25, 0.3) is 11.8 Å². The van der Waals surface area contributed by atoms with Crippen LogP contribution in [-0.4, -0.2) is 41.0 Å². The zero-order valence-electron chi connectivity index (χ0n) is 17.2. The minimum absolute atomic E-state index is 0.0146. The Kier molecular flexibility index (Phi) is 8.15. The summed E-state index contributed by atoms with van der Waals surface area (Å²) in [5, 5.41) is 5.78. The number of hydrogen-bond acceptors (Lipinski definition) is 4. The lowest BCUT2D eigenvalue weighted by Crippen LogP contribution is -2.34. The van der Waals surface area contributed by atoms with Crippen LogP contribution in [0.3, 0.4) is 0 Å². The summed E-state index contributed by atoms with van der Waals surface area (Å²) in [6.45, 7) is 9.01. The van der Waals surface area contributed by atoms with E-state index in [9.17, 15) is 9.59 Å². The summed E-state index contributed by atoms with van der Waals surface area (Å²) in [4.78, 5) is 26.7. The van der Waals surface area contributed by atoms with E-state index in [4.69, 9.17) is 17.0 Å². The first-order valence-corrected chi connectivity index (χ1v) is 10.0. The molecule has 0 saturated carbocycles. The average molecular weight is 414 g/mol. The van der Waals surface area contributed by atoms with Crippen molar-refractivity contribution in [3.63, 3.8) is 0 Å². The molecule has 2 amide bonds. The third-order valence-corrected chi connectivity index (χ3v) is 4.37. The first-order chi connectivity index (χ1) is 13.8. The molecule has 2 aromatic carbocycles. The Labute approximate surface area is 177 Å². The van der Waals surface area contributed by atoms with Gasteiger partial charge in [-0.3, -0.25) is 14.9 Å². The highest BCUT2D eigenvalue weighted by atomic mass is 32.1. The van der Waals surface area contributed by atoms with Gasteiger partial charge in [0, 0.05) is 24.3 Å². The fourth-order valence-corrected chi connectivity index (χ4v) is 2.94. The van der Waals surface area contributed by atoms with Gasteiger partial charge in [0.2, 0.25) is 0 Å². The van der Waals surface area contributed by atoms with E-state index in [2.05, 4.69) is 10.6 Å². The van der Waals surface area contributed by atoms with E-state index >= 15 is 0 Å². The molecule has 0 fully saturated rings. The Bertz CT molecular complexity index is 862. The summed E-state index contributed by atoms with van der Waals surface area (Å²) in [5.41, 5.74) is 1.69. The number of thiocarbonyl (C=S) groups is 1. The molecule has 2 aromatic rings. The lowest BCUT2D eigenvalue weighted by molar-refractivity contribution is 0.0772. The molecule has 0 aliphatic rings. The van der Waals surface area contributed by atoms with Crippen molar-refractivity contribution < 1.29 is 14.3 Å². The molecule has 6 nitrogen and oxygen atoms in total. The number of para-hydroxylation sites is 1. The Morgan fingerprint density at radius 3 is 2.24 bits per heavy atom. The standard InChI is InChI=1S/C22H27N3O3S/c1-5-25(6-2)21(27)16-11-13-17(14-12-16)23-22(29)24-20(26)18-9-7-8-10-19(18)28-15(3)4/h7-15H,5-6H2,1-4H3,(H2,23,24,26,29). The average Bonchev–Trinajstić information content (AvgIpc) is 2.69. The molecule has 0 heterocycles. The third kappa shape index (κ3) is 6.29. The maximum Gasteiger partial charge on any atom is 0.261 e. The van der Waals surface area contributed by atoms with Crippen LogP contribution in [-0.2, 0) is 0 Å². The number of benzene rings is 2. The Hall–Kier alpha value is -2.93. The van der Waals surface area contributed by atoms with Gasteiger partial charge in [-0.05, 0) is 76.3 Å². The highest BCUT2D eigenvalue weighted by Crippen LogP contribution is 2.19. The molecule has 0 spiro atoms. The number of carbonyl (C=O) groups excluding carboxylic acids is 2. The Morgan fingerprint density at radius 1 is 1.03 bits per heavy atom. The number of nitrogens with one attached hydrogen (secondary N) is 2. The second kappa shape index (κ2) is 10.6. The Morgan fingerprint density at radius 2 is 1.66 bits per heavy atom. The number of hydrogen-bond donors (Lipinski definition) is 2. The van der Waals surface area contributed by atoms with E-state index in [1.165, 1.54) is 0 Å². The molecule has 2 rings (SSSR count). The predicted octanol–water partition coefficient (Wildman–Crippen LogP) is 4.08. The van der Waals surface area contributed by atoms with Gasteiger partial charge >= 0.3 is 0 Å². The zero-order valence-corrected chi connectivity index (χ0v) is 18.0. The monoisotopic (exact) mass is 413 g/mol. The van der Waals surface area contributed by atoms with Crippen molar-refractivity contribution in [2.45, 2.75) is 33.8 Å². The van der Waals surface area contributed by atoms with E-state index in [0.29, 0.717) is 35.7 Å². The van der Waals surface area contributed by atoms with Gasteiger partial charge < -0.3 is 15.0 Å². The second-order valence-corrected chi connectivity index (χ2v) is 7.03. The molecule has 2 N–H and O–H groups in total. The highest BCUT2D eigenvalue weighted by Gasteiger charge is 2.15. The molecule has 154 valence electrons. The lowest BCUT2D eigenvalue weighted by Gasteiger charge is -2.18. The minimum Gasteiger partial charge on any atom is -0.490 e. The molecule has 0 aliphatic heterocycles. The van der Waals surface area contributed by atoms with Crippen molar-refractivity contribution in [2.75, 3.05) is 18.4 Å². The lowest BCUT2D eigenvalue weighted by atomic mass is 10.1. The normalized spacial score (nSPS) is 10.4. The van der Waals surface area contributed by atoms with Crippen LogP contribution in [0.25, 0.3) is 0 Å². The number of carbonyl (C=O) groups is 2. The van der Waals surface area contributed by atoms with Gasteiger partial charge in [-0.2, -0.15) is 0 Å². The molecule has 0 radical (unpaired) electrons. The number of nitrogens with zero attached hydrogens (tertiary/aromatic N) is 1. The van der Waals surface area contributed by atoms with Crippen molar-refractivity contribution >= 4 is 34.8 Å². The van der Waals surface area contributed by atoms with Crippen molar-refractivity contribution in [1.82, 2.24) is 10.2 Å². The van der Waals surface area contributed by atoms with Crippen LogP contribution in [0.2, 0.25) is 0 Å². The van der Waals surface area contributed by atoms with Crippen LogP contribution < -0.4 is 15.4 Å². The van der Waals surface area contributed by atoms with Gasteiger partial charge in [-0.15, -0.1) is 0 Å². The molecular formula is C22H27N3O3S. The summed E-state index contributed by atoms with van der Waals surface area (Å²) in [6.07, 6.45) is -0.0495.